The number of rotatable bonds is 7. The van der Waals surface area contributed by atoms with Crippen LogP contribution in [-0.4, -0.2) is 80.9 Å². The van der Waals surface area contributed by atoms with Crippen LogP contribution in [0.2, 0.25) is 0 Å². The van der Waals surface area contributed by atoms with Gasteiger partial charge in [-0.25, -0.2) is 17.6 Å². The van der Waals surface area contributed by atoms with Crippen molar-refractivity contribution in [3.8, 4) is 41.4 Å². The highest BCUT2D eigenvalue weighted by atomic mass is 19.1. The van der Waals surface area contributed by atoms with E-state index in [1.807, 2.05) is 4.90 Å². The normalized spacial score (nSPS) is 23.2. The number of anilines is 2. The van der Waals surface area contributed by atoms with Crippen LogP contribution < -0.4 is 14.5 Å². The molecule has 5 heterocycles. The number of nitrogens with zero attached hydrogens (tertiary/aromatic N) is 7. The van der Waals surface area contributed by atoms with Crippen LogP contribution in [0.1, 0.15) is 25.3 Å². The summed E-state index contributed by atoms with van der Waals surface area (Å²) in [6, 6.07) is 12.1. The topological polar surface area (TPSA) is 119 Å². The van der Waals surface area contributed by atoms with E-state index in [0.29, 0.717) is 17.5 Å². The number of terminal acetylenes is 1. The number of hydrogen-bond acceptors (Lipinski definition) is 9. The number of aromatic nitrogens is 3. The van der Waals surface area contributed by atoms with Gasteiger partial charge in [0.05, 0.1) is 40.6 Å². The lowest BCUT2D eigenvalue weighted by Crippen LogP contribution is -2.56. The Morgan fingerprint density at radius 1 is 1.15 bits per heavy atom. The Balaban J connectivity index is 1.26. The van der Waals surface area contributed by atoms with E-state index < -0.39 is 41.1 Å². The number of pyridine rings is 1. The van der Waals surface area contributed by atoms with Gasteiger partial charge in [-0.1, -0.05) is 18.6 Å². The van der Waals surface area contributed by atoms with Gasteiger partial charge in [-0.15, -0.1) is 6.42 Å². The highest BCUT2D eigenvalue weighted by Crippen LogP contribution is 2.42. The molecule has 1 N–H and O–H groups in total. The Bertz CT molecular complexity index is 2490. The molecule has 0 aliphatic carbocycles. The second-order valence-electron chi connectivity index (χ2n) is 14.4. The zero-order valence-electron chi connectivity index (χ0n) is 29.5. The van der Waals surface area contributed by atoms with E-state index in [0.717, 1.165) is 6.07 Å². The molecular formula is C41H33F4N7O3. The number of fused-ring (bicyclic) bond motifs is 4. The van der Waals surface area contributed by atoms with Crippen LogP contribution in [-0.2, 0) is 4.79 Å². The standard InChI is InChI=1S/C41H33F4N7O3/c1-4-29-32(44)11-6-22-13-28(53)14-30(35(22)29)37-36(45)38-31(17-47-37)39(50-19-27-12-23(16-46)33(20-50)52(27)34(54)5-2)49-40(48-38)55-21-41(3)15-25(43)18-51(41)26-9-7-24(42)8-10-26/h1,5-11,13-14,17,23,25,27,33,53H,2,12,15,18-21H2,3H3/t23?,25-,27-,33-,41+/m1/s1. The van der Waals surface area contributed by atoms with Gasteiger partial charge in [0, 0.05) is 48.9 Å². The van der Waals surface area contributed by atoms with Crippen molar-refractivity contribution in [3.05, 3.63) is 90.4 Å². The molecule has 0 radical (unpaired) electrons. The van der Waals surface area contributed by atoms with Crippen LogP contribution in [0.25, 0.3) is 32.9 Å². The molecule has 5 aromatic rings. The number of piperazine rings is 1. The van der Waals surface area contributed by atoms with Crippen LogP contribution in [0.5, 0.6) is 11.8 Å². The van der Waals surface area contributed by atoms with Crippen LogP contribution in [0.3, 0.4) is 0 Å². The molecule has 3 fully saturated rings. The summed E-state index contributed by atoms with van der Waals surface area (Å²) in [6.45, 7) is 5.73. The maximum Gasteiger partial charge on any atom is 0.319 e. The Kier molecular flexibility index (Phi) is 8.72. The minimum atomic E-state index is -1.22. The number of amides is 1. The Morgan fingerprint density at radius 3 is 2.65 bits per heavy atom. The average molecular weight is 748 g/mol. The highest BCUT2D eigenvalue weighted by Gasteiger charge is 2.49. The smallest absolute Gasteiger partial charge is 0.319 e. The molecule has 55 heavy (non-hydrogen) atoms. The molecule has 3 aliphatic heterocycles. The van der Waals surface area contributed by atoms with Crippen molar-refractivity contribution >= 4 is 39.1 Å². The number of phenolic OH excluding ortho intramolecular Hbond substituents is 1. The van der Waals surface area contributed by atoms with Crippen molar-refractivity contribution in [3.63, 3.8) is 0 Å². The SMILES string of the molecule is C#Cc1c(F)ccc2cc(O)cc(-c3ncc4c(N5C[C@H]6CC(C#N)[C@@H](C5)N6C(=O)C=C)nc(OC[C@]5(C)C[C@@H](F)CN5c5ccc(F)cc5)nc4c3F)c12. The largest absolute Gasteiger partial charge is 0.508 e. The predicted molar refractivity (Wildman–Crippen MR) is 198 cm³/mol. The van der Waals surface area contributed by atoms with E-state index in [1.54, 1.807) is 28.9 Å². The molecule has 1 amide bonds. The van der Waals surface area contributed by atoms with Gasteiger partial charge in [0.2, 0.25) is 5.91 Å². The van der Waals surface area contributed by atoms with Gasteiger partial charge in [0.25, 0.3) is 0 Å². The molecule has 3 saturated heterocycles. The molecule has 1 unspecified atom stereocenters. The van der Waals surface area contributed by atoms with E-state index in [-0.39, 0.29) is 95.3 Å². The van der Waals surface area contributed by atoms with E-state index in [9.17, 15) is 23.9 Å². The minimum Gasteiger partial charge on any atom is -0.508 e. The summed E-state index contributed by atoms with van der Waals surface area (Å²) in [4.78, 5) is 31.8. The number of benzene rings is 3. The number of ether oxygens (including phenoxy) is 1. The molecule has 0 spiro atoms. The summed E-state index contributed by atoms with van der Waals surface area (Å²) < 4.78 is 67.1. The molecule has 14 heteroatoms. The fourth-order valence-electron chi connectivity index (χ4n) is 8.45. The van der Waals surface area contributed by atoms with Crippen molar-refractivity contribution < 1.29 is 32.2 Å². The molecule has 2 aromatic heterocycles. The van der Waals surface area contributed by atoms with Gasteiger partial charge in [0.1, 0.15) is 47.2 Å². The third-order valence-electron chi connectivity index (χ3n) is 10.9. The number of aromatic hydroxyl groups is 1. The molecule has 3 aromatic carbocycles. The molecule has 0 saturated carbocycles. The van der Waals surface area contributed by atoms with E-state index >= 15 is 8.78 Å². The summed E-state index contributed by atoms with van der Waals surface area (Å²) in [5.74, 6) is -0.542. The second-order valence-corrected chi connectivity index (χ2v) is 14.4. The Labute approximate surface area is 313 Å². The zero-order chi connectivity index (χ0) is 38.8. The van der Waals surface area contributed by atoms with Gasteiger partial charge in [-0.3, -0.25) is 9.78 Å². The number of phenols is 1. The lowest BCUT2D eigenvalue weighted by Gasteiger charge is -2.41. The van der Waals surface area contributed by atoms with E-state index in [2.05, 4.69) is 28.5 Å². The van der Waals surface area contributed by atoms with Gasteiger partial charge >= 0.3 is 6.01 Å². The lowest BCUT2D eigenvalue weighted by molar-refractivity contribution is -0.129. The van der Waals surface area contributed by atoms with Crippen LogP contribution in [0, 0.1) is 47.0 Å². The zero-order valence-corrected chi connectivity index (χ0v) is 29.5. The van der Waals surface area contributed by atoms with Crippen molar-refractivity contribution in [2.75, 3.05) is 36.0 Å². The quantitative estimate of drug-likeness (QED) is 0.114. The first-order valence-electron chi connectivity index (χ1n) is 17.6. The molecule has 278 valence electrons. The Morgan fingerprint density at radius 2 is 1.93 bits per heavy atom. The maximum atomic E-state index is 17.1. The van der Waals surface area contributed by atoms with Crippen molar-refractivity contribution in [2.24, 2.45) is 5.92 Å². The number of halogens is 4. The van der Waals surface area contributed by atoms with Crippen LogP contribution in [0.4, 0.5) is 29.1 Å². The summed E-state index contributed by atoms with van der Waals surface area (Å²) in [7, 11) is 0. The monoisotopic (exact) mass is 747 g/mol. The van der Waals surface area contributed by atoms with Crippen molar-refractivity contribution in [2.45, 2.75) is 43.6 Å². The first kappa shape index (κ1) is 35.6. The van der Waals surface area contributed by atoms with E-state index in [1.165, 1.54) is 42.6 Å². The van der Waals surface area contributed by atoms with Crippen LogP contribution in [0.15, 0.2) is 67.4 Å². The number of carbonyl (C=O) groups is 1. The van der Waals surface area contributed by atoms with E-state index in [4.69, 9.17) is 16.1 Å². The average Bonchev–Trinajstić information content (AvgIpc) is 3.60. The Hall–Kier alpha value is -6.41. The summed E-state index contributed by atoms with van der Waals surface area (Å²) in [6.07, 6.45) is 7.55. The van der Waals surface area contributed by atoms with Gasteiger partial charge in [0.15, 0.2) is 5.82 Å². The number of nitriles is 1. The molecular weight excluding hydrogens is 714 g/mol. The van der Waals surface area contributed by atoms with Gasteiger partial charge in [-0.2, -0.15) is 15.2 Å². The first-order valence-corrected chi connectivity index (χ1v) is 17.6. The number of carbonyl (C=O) groups excluding carboxylic acids is 1. The fourth-order valence-corrected chi connectivity index (χ4v) is 8.45. The number of alkyl halides is 1. The second kappa shape index (κ2) is 13.5. The lowest BCUT2D eigenvalue weighted by atomic mass is 9.96. The summed E-state index contributed by atoms with van der Waals surface area (Å²) in [5, 5.41) is 21.3. The van der Waals surface area contributed by atoms with Gasteiger partial charge < -0.3 is 24.5 Å². The summed E-state index contributed by atoms with van der Waals surface area (Å²) in [5.41, 5.74) is -0.961. The fraction of sp³-hybridized carbons (Fsp3) is 0.293. The molecule has 2 bridgehead atoms. The van der Waals surface area contributed by atoms with Crippen molar-refractivity contribution in [1.29, 1.82) is 5.26 Å². The third-order valence-corrected chi connectivity index (χ3v) is 10.9. The van der Waals surface area contributed by atoms with Crippen molar-refractivity contribution in [1.82, 2.24) is 19.9 Å². The van der Waals surface area contributed by atoms with Crippen LogP contribution >= 0.6 is 0 Å². The first-order chi connectivity index (χ1) is 26.4. The molecule has 10 nitrogen and oxygen atoms in total. The highest BCUT2D eigenvalue weighted by molar-refractivity contribution is 6.03. The predicted octanol–water partition coefficient (Wildman–Crippen LogP) is 6.45. The molecule has 3 aliphatic rings. The number of hydrogen-bond donors (Lipinski definition) is 1. The maximum absolute atomic E-state index is 17.1. The third kappa shape index (κ3) is 5.98. The molecule has 5 atom stereocenters. The summed E-state index contributed by atoms with van der Waals surface area (Å²) >= 11 is 0. The van der Waals surface area contributed by atoms with Gasteiger partial charge in [-0.05, 0) is 67.3 Å². The minimum absolute atomic E-state index is 0.0262. The molecule has 8 rings (SSSR count).